The van der Waals surface area contributed by atoms with Crippen LogP contribution in [-0.2, 0) is 0 Å². The lowest BCUT2D eigenvalue weighted by Crippen LogP contribution is -2.25. The first-order valence-corrected chi connectivity index (χ1v) is 7.13. The third kappa shape index (κ3) is 2.11. The quantitative estimate of drug-likeness (QED) is 0.679. The second-order valence-corrected chi connectivity index (χ2v) is 6.20. The summed E-state index contributed by atoms with van der Waals surface area (Å²) in [4.78, 5) is 10.3. The van der Waals surface area contributed by atoms with Crippen LogP contribution in [0, 0.1) is 22.0 Å². The highest BCUT2D eigenvalue weighted by molar-refractivity contribution is 9.10. The summed E-state index contributed by atoms with van der Waals surface area (Å²) < 4.78 is 0.777. The normalized spacial score (nSPS) is 29.5. The van der Waals surface area contributed by atoms with Crippen LogP contribution in [-0.4, -0.2) is 11.0 Å². The van der Waals surface area contributed by atoms with Crippen LogP contribution in [0.4, 0.5) is 11.4 Å². The lowest BCUT2D eigenvalue weighted by atomic mass is 9.95. The van der Waals surface area contributed by atoms with Gasteiger partial charge in [-0.3, -0.25) is 10.1 Å². The molecule has 4 nitrogen and oxygen atoms in total. The summed E-state index contributed by atoms with van der Waals surface area (Å²) in [5, 5.41) is 14.2. The van der Waals surface area contributed by atoms with Gasteiger partial charge in [0.2, 0.25) is 0 Å². The number of hydrogen-bond acceptors (Lipinski definition) is 3. The van der Waals surface area contributed by atoms with E-state index in [0.717, 1.165) is 22.0 Å². The molecule has 2 bridgehead atoms. The number of benzene rings is 1. The topological polar surface area (TPSA) is 55.2 Å². The number of nitrogens with one attached hydrogen (secondary N) is 1. The molecule has 0 amide bonds. The zero-order chi connectivity index (χ0) is 12.7. The monoisotopic (exact) mass is 310 g/mol. The van der Waals surface area contributed by atoms with E-state index in [1.54, 1.807) is 18.2 Å². The van der Waals surface area contributed by atoms with Crippen LogP contribution in [0.3, 0.4) is 0 Å². The molecule has 1 N–H and O–H groups in total. The van der Waals surface area contributed by atoms with E-state index in [9.17, 15) is 10.1 Å². The van der Waals surface area contributed by atoms with Crippen molar-refractivity contribution in [1.82, 2.24) is 0 Å². The number of halogens is 1. The molecule has 2 aliphatic rings. The highest BCUT2D eigenvalue weighted by atomic mass is 79.9. The van der Waals surface area contributed by atoms with E-state index in [1.807, 2.05) is 0 Å². The number of anilines is 1. The Hall–Kier alpha value is -1.10. The van der Waals surface area contributed by atoms with Gasteiger partial charge in [0.1, 0.15) is 0 Å². The summed E-state index contributed by atoms with van der Waals surface area (Å²) in [5.74, 6) is 1.68. The van der Waals surface area contributed by atoms with Crippen molar-refractivity contribution in [3.8, 4) is 0 Å². The Labute approximate surface area is 114 Å². The van der Waals surface area contributed by atoms with Crippen molar-refractivity contribution in [2.45, 2.75) is 31.7 Å². The van der Waals surface area contributed by atoms with Crippen LogP contribution in [0.5, 0.6) is 0 Å². The van der Waals surface area contributed by atoms with E-state index < -0.39 is 0 Å². The third-order valence-electron chi connectivity index (χ3n) is 4.24. The molecule has 2 aliphatic carbocycles. The molecule has 0 heterocycles. The van der Waals surface area contributed by atoms with E-state index in [2.05, 4.69) is 21.2 Å². The molecule has 0 aromatic heterocycles. The van der Waals surface area contributed by atoms with Gasteiger partial charge in [-0.2, -0.15) is 0 Å². The molecular formula is C13H15BrN2O2. The van der Waals surface area contributed by atoms with Crippen molar-refractivity contribution in [3.05, 3.63) is 32.8 Å². The largest absolute Gasteiger partial charge is 0.381 e. The summed E-state index contributed by atoms with van der Waals surface area (Å²) >= 11 is 3.41. The summed E-state index contributed by atoms with van der Waals surface area (Å²) in [6.07, 6.45) is 5.30. The van der Waals surface area contributed by atoms with Gasteiger partial charge in [0.15, 0.2) is 0 Å². The minimum atomic E-state index is -0.369. The molecule has 3 atom stereocenters. The molecule has 0 radical (unpaired) electrons. The lowest BCUT2D eigenvalue weighted by Gasteiger charge is -2.24. The van der Waals surface area contributed by atoms with Crippen LogP contribution < -0.4 is 5.32 Å². The molecular weight excluding hydrogens is 296 g/mol. The van der Waals surface area contributed by atoms with Gasteiger partial charge >= 0.3 is 0 Å². The maximum atomic E-state index is 10.7. The molecule has 0 aliphatic heterocycles. The molecule has 18 heavy (non-hydrogen) atoms. The van der Waals surface area contributed by atoms with Gasteiger partial charge in [0, 0.05) is 28.3 Å². The Bertz CT molecular complexity index is 492. The minimum Gasteiger partial charge on any atom is -0.381 e. The highest BCUT2D eigenvalue weighted by Gasteiger charge is 2.39. The van der Waals surface area contributed by atoms with E-state index in [0.29, 0.717) is 6.04 Å². The SMILES string of the molecule is O=[N+]([O-])c1ccc(NC2CC3CCC2C3)c(Br)c1. The maximum Gasteiger partial charge on any atom is 0.270 e. The van der Waals surface area contributed by atoms with E-state index in [4.69, 9.17) is 0 Å². The summed E-state index contributed by atoms with van der Waals surface area (Å²) in [7, 11) is 0. The standard InChI is InChI=1S/C13H15BrN2O2/c14-11-7-10(16(17)18)3-4-12(11)15-13-6-8-1-2-9(13)5-8/h3-4,7-9,13,15H,1-2,5-6H2. The van der Waals surface area contributed by atoms with Gasteiger partial charge in [-0.25, -0.2) is 0 Å². The summed E-state index contributed by atoms with van der Waals surface area (Å²) in [6, 6.07) is 5.46. The molecule has 0 spiro atoms. The zero-order valence-electron chi connectivity index (χ0n) is 9.93. The first-order chi connectivity index (χ1) is 8.63. The average molecular weight is 311 g/mol. The van der Waals surface area contributed by atoms with Crippen LogP contribution >= 0.6 is 15.9 Å². The van der Waals surface area contributed by atoms with Gasteiger partial charge in [-0.1, -0.05) is 6.42 Å². The van der Waals surface area contributed by atoms with Crippen LogP contribution in [0.1, 0.15) is 25.7 Å². The number of rotatable bonds is 3. The molecule has 1 aromatic carbocycles. The van der Waals surface area contributed by atoms with Crippen molar-refractivity contribution < 1.29 is 4.92 Å². The molecule has 3 rings (SSSR count). The Morgan fingerprint density at radius 1 is 1.33 bits per heavy atom. The van der Waals surface area contributed by atoms with Gasteiger partial charge in [-0.15, -0.1) is 0 Å². The van der Waals surface area contributed by atoms with Crippen LogP contribution in [0.2, 0.25) is 0 Å². The number of nitro benzene ring substituents is 1. The highest BCUT2D eigenvalue weighted by Crippen LogP contribution is 2.46. The summed E-state index contributed by atoms with van der Waals surface area (Å²) in [5.41, 5.74) is 1.10. The molecule has 5 heteroatoms. The molecule has 1 aromatic rings. The Balaban J connectivity index is 1.75. The van der Waals surface area contributed by atoms with Crippen molar-refractivity contribution >= 4 is 27.3 Å². The Morgan fingerprint density at radius 3 is 2.72 bits per heavy atom. The fourth-order valence-corrected chi connectivity index (χ4v) is 3.84. The molecule has 3 unspecified atom stereocenters. The first kappa shape index (κ1) is 12.0. The second-order valence-electron chi connectivity index (χ2n) is 5.35. The van der Waals surface area contributed by atoms with E-state index in [-0.39, 0.29) is 10.6 Å². The average Bonchev–Trinajstić information content (AvgIpc) is 2.93. The second kappa shape index (κ2) is 4.53. The Kier molecular flexibility index (Phi) is 3.01. The number of non-ortho nitro benzene ring substituents is 1. The lowest BCUT2D eigenvalue weighted by molar-refractivity contribution is -0.384. The van der Waals surface area contributed by atoms with Gasteiger partial charge < -0.3 is 5.32 Å². The number of nitrogens with zero attached hydrogens (tertiary/aromatic N) is 1. The number of nitro groups is 1. The van der Waals surface area contributed by atoms with Crippen molar-refractivity contribution in [1.29, 1.82) is 0 Å². The Morgan fingerprint density at radius 2 is 2.17 bits per heavy atom. The van der Waals surface area contributed by atoms with Crippen LogP contribution in [0.15, 0.2) is 22.7 Å². The van der Waals surface area contributed by atoms with Crippen molar-refractivity contribution in [3.63, 3.8) is 0 Å². The first-order valence-electron chi connectivity index (χ1n) is 6.34. The van der Waals surface area contributed by atoms with E-state index >= 15 is 0 Å². The predicted octanol–water partition coefficient (Wildman–Crippen LogP) is 3.96. The minimum absolute atomic E-state index is 0.125. The van der Waals surface area contributed by atoms with Gasteiger partial charge in [-0.05, 0) is 53.1 Å². The fraction of sp³-hybridized carbons (Fsp3) is 0.538. The smallest absolute Gasteiger partial charge is 0.270 e. The molecule has 0 saturated heterocycles. The van der Waals surface area contributed by atoms with Crippen molar-refractivity contribution in [2.24, 2.45) is 11.8 Å². The zero-order valence-corrected chi connectivity index (χ0v) is 11.5. The summed E-state index contributed by atoms with van der Waals surface area (Å²) in [6.45, 7) is 0. The van der Waals surface area contributed by atoms with Gasteiger partial charge in [0.25, 0.3) is 5.69 Å². The molecule has 2 fully saturated rings. The predicted molar refractivity (Wildman–Crippen MR) is 73.7 cm³/mol. The fourth-order valence-electron chi connectivity index (χ4n) is 3.36. The van der Waals surface area contributed by atoms with Crippen LogP contribution in [0.25, 0.3) is 0 Å². The number of hydrogen-bond donors (Lipinski definition) is 1. The number of fused-ring (bicyclic) bond motifs is 2. The molecule has 96 valence electrons. The van der Waals surface area contributed by atoms with E-state index in [1.165, 1.54) is 25.7 Å². The van der Waals surface area contributed by atoms with Crippen molar-refractivity contribution in [2.75, 3.05) is 5.32 Å². The third-order valence-corrected chi connectivity index (χ3v) is 4.90. The maximum absolute atomic E-state index is 10.7. The molecule has 2 saturated carbocycles. The van der Waals surface area contributed by atoms with Gasteiger partial charge in [0.05, 0.1) is 4.92 Å².